The molecule has 0 aromatic heterocycles. The zero-order valence-electron chi connectivity index (χ0n) is 9.89. The maximum Gasteiger partial charge on any atom is 0.245 e. The monoisotopic (exact) mass is 322 g/mol. The molecule has 1 aliphatic heterocycles. The van der Waals surface area contributed by atoms with Gasteiger partial charge in [-0.1, -0.05) is 34.1 Å². The minimum atomic E-state index is -0.307. The zero-order chi connectivity index (χ0) is 13.7. The number of hydrazone groups is 2. The van der Waals surface area contributed by atoms with E-state index in [9.17, 15) is 9.59 Å². The van der Waals surface area contributed by atoms with Gasteiger partial charge in [0.25, 0.3) is 0 Å². The molecule has 0 spiro atoms. The number of amides is 2. The average Bonchev–Trinajstić information content (AvgIpc) is 2.77. The van der Waals surface area contributed by atoms with Crippen molar-refractivity contribution in [3.63, 3.8) is 0 Å². The van der Waals surface area contributed by atoms with E-state index in [0.717, 1.165) is 10.0 Å². The minimum Gasteiger partial charge on any atom is -0.273 e. The van der Waals surface area contributed by atoms with Gasteiger partial charge in [-0.25, -0.2) is 10.9 Å². The molecule has 0 saturated heterocycles. The van der Waals surface area contributed by atoms with Crippen LogP contribution >= 0.6 is 15.9 Å². The average molecular weight is 323 g/mol. The van der Waals surface area contributed by atoms with Crippen molar-refractivity contribution in [3.05, 3.63) is 34.3 Å². The van der Waals surface area contributed by atoms with E-state index in [4.69, 9.17) is 0 Å². The molecule has 2 N–H and O–H groups in total. The molecule has 0 radical (unpaired) electrons. The Morgan fingerprint density at radius 2 is 2.32 bits per heavy atom. The molecule has 19 heavy (non-hydrogen) atoms. The number of halogens is 1. The first-order chi connectivity index (χ1) is 9.15. The van der Waals surface area contributed by atoms with Gasteiger partial charge in [0, 0.05) is 10.0 Å². The lowest BCUT2D eigenvalue weighted by Gasteiger charge is -1.99. The van der Waals surface area contributed by atoms with Crippen molar-refractivity contribution in [2.75, 3.05) is 0 Å². The quantitative estimate of drug-likeness (QED) is 0.644. The number of rotatable bonds is 4. The van der Waals surface area contributed by atoms with E-state index >= 15 is 0 Å². The van der Waals surface area contributed by atoms with Crippen molar-refractivity contribution in [1.29, 1.82) is 0 Å². The molecule has 0 bridgehead atoms. The molecule has 98 valence electrons. The SMILES string of the molecule is O=C1CC(CC(=O)N/N=C\c2ccccc2Br)=NN1. The fourth-order valence-electron chi connectivity index (χ4n) is 1.49. The van der Waals surface area contributed by atoms with Crippen LogP contribution in [0.15, 0.2) is 38.9 Å². The van der Waals surface area contributed by atoms with Gasteiger partial charge in [0.15, 0.2) is 0 Å². The number of carbonyl (C=O) groups is 2. The molecule has 2 rings (SSSR count). The van der Waals surface area contributed by atoms with Gasteiger partial charge in [-0.15, -0.1) is 0 Å². The van der Waals surface area contributed by atoms with Crippen LogP contribution in [0.3, 0.4) is 0 Å². The van der Waals surface area contributed by atoms with Crippen LogP contribution in [0.5, 0.6) is 0 Å². The summed E-state index contributed by atoms with van der Waals surface area (Å²) in [6, 6.07) is 7.51. The maximum absolute atomic E-state index is 11.5. The lowest BCUT2D eigenvalue weighted by atomic mass is 10.2. The van der Waals surface area contributed by atoms with Crippen LogP contribution in [0.1, 0.15) is 18.4 Å². The van der Waals surface area contributed by atoms with Gasteiger partial charge in [0.05, 0.1) is 24.8 Å². The van der Waals surface area contributed by atoms with Crippen LogP contribution in [-0.2, 0) is 9.59 Å². The molecular formula is C12H11BrN4O2. The van der Waals surface area contributed by atoms with E-state index in [2.05, 4.69) is 37.0 Å². The van der Waals surface area contributed by atoms with Crippen LogP contribution in [-0.4, -0.2) is 23.7 Å². The molecule has 0 atom stereocenters. The van der Waals surface area contributed by atoms with E-state index in [1.54, 1.807) is 6.21 Å². The Morgan fingerprint density at radius 1 is 1.53 bits per heavy atom. The molecule has 1 aromatic carbocycles. The van der Waals surface area contributed by atoms with E-state index in [1.807, 2.05) is 24.3 Å². The highest BCUT2D eigenvalue weighted by molar-refractivity contribution is 9.10. The Kier molecular flexibility index (Phi) is 4.40. The Labute approximate surface area is 118 Å². The first-order valence-corrected chi connectivity index (χ1v) is 6.35. The highest BCUT2D eigenvalue weighted by Crippen LogP contribution is 2.13. The predicted octanol–water partition coefficient (Wildman–Crippen LogP) is 1.17. The van der Waals surface area contributed by atoms with Gasteiger partial charge >= 0.3 is 0 Å². The highest BCUT2D eigenvalue weighted by Gasteiger charge is 2.16. The molecule has 1 aromatic rings. The smallest absolute Gasteiger partial charge is 0.245 e. The second-order valence-corrected chi connectivity index (χ2v) is 4.74. The number of nitrogens with zero attached hydrogens (tertiary/aromatic N) is 2. The Morgan fingerprint density at radius 3 is 3.00 bits per heavy atom. The summed E-state index contributed by atoms with van der Waals surface area (Å²) in [4.78, 5) is 22.4. The van der Waals surface area contributed by atoms with E-state index in [1.165, 1.54) is 0 Å². The number of benzene rings is 1. The van der Waals surface area contributed by atoms with Crippen LogP contribution in [0.2, 0.25) is 0 Å². The van der Waals surface area contributed by atoms with Crippen molar-refractivity contribution < 1.29 is 9.59 Å². The standard InChI is InChI=1S/C12H11BrN4O2/c13-10-4-2-1-3-8(10)7-14-16-11(18)5-9-6-12(19)17-15-9/h1-4,7H,5-6H2,(H,16,18)(H,17,19)/b14-7-. The molecule has 0 unspecified atom stereocenters. The lowest BCUT2D eigenvalue weighted by Crippen LogP contribution is -2.20. The first-order valence-electron chi connectivity index (χ1n) is 5.56. The van der Waals surface area contributed by atoms with Crippen molar-refractivity contribution in [2.45, 2.75) is 12.8 Å². The largest absolute Gasteiger partial charge is 0.273 e. The summed E-state index contributed by atoms with van der Waals surface area (Å²) < 4.78 is 0.892. The topological polar surface area (TPSA) is 82.9 Å². The Balaban J connectivity index is 1.84. The van der Waals surface area contributed by atoms with Crippen LogP contribution in [0.4, 0.5) is 0 Å². The third-order valence-corrected chi connectivity index (χ3v) is 3.09. The number of nitrogens with one attached hydrogen (secondary N) is 2. The highest BCUT2D eigenvalue weighted by atomic mass is 79.9. The second-order valence-electron chi connectivity index (χ2n) is 3.88. The predicted molar refractivity (Wildman–Crippen MR) is 74.7 cm³/mol. The van der Waals surface area contributed by atoms with Crippen molar-refractivity contribution in [2.24, 2.45) is 10.2 Å². The van der Waals surface area contributed by atoms with Gasteiger partial charge in [-0.3, -0.25) is 9.59 Å². The van der Waals surface area contributed by atoms with Gasteiger partial charge in [0.1, 0.15) is 0 Å². The molecule has 0 aliphatic carbocycles. The fourth-order valence-corrected chi connectivity index (χ4v) is 1.87. The lowest BCUT2D eigenvalue weighted by molar-refractivity contribution is -0.119. The minimum absolute atomic E-state index is 0.0615. The second kappa shape index (κ2) is 6.24. The van der Waals surface area contributed by atoms with E-state index in [-0.39, 0.29) is 24.7 Å². The van der Waals surface area contributed by atoms with E-state index < -0.39 is 0 Å². The summed E-state index contributed by atoms with van der Waals surface area (Å²) in [5, 5.41) is 7.58. The van der Waals surface area contributed by atoms with Crippen molar-refractivity contribution in [1.82, 2.24) is 10.9 Å². The molecule has 0 fully saturated rings. The fraction of sp³-hybridized carbons (Fsp3) is 0.167. The molecule has 0 saturated carbocycles. The molecule has 6 nitrogen and oxygen atoms in total. The van der Waals surface area contributed by atoms with Gasteiger partial charge in [0.2, 0.25) is 11.8 Å². The molecule has 1 heterocycles. The summed E-state index contributed by atoms with van der Waals surface area (Å²) in [5.41, 5.74) is 6.05. The molecule has 1 aliphatic rings. The summed E-state index contributed by atoms with van der Waals surface area (Å²) in [6.07, 6.45) is 1.77. The normalized spacial score (nSPS) is 14.4. The zero-order valence-corrected chi connectivity index (χ0v) is 11.5. The number of hydrogen-bond acceptors (Lipinski definition) is 4. The van der Waals surface area contributed by atoms with Crippen LogP contribution in [0, 0.1) is 0 Å². The van der Waals surface area contributed by atoms with E-state index in [0.29, 0.717) is 5.71 Å². The number of carbonyl (C=O) groups excluding carboxylic acids is 2. The van der Waals surface area contributed by atoms with Crippen molar-refractivity contribution in [3.8, 4) is 0 Å². The summed E-state index contributed by atoms with van der Waals surface area (Å²) in [7, 11) is 0. The molecular weight excluding hydrogens is 312 g/mol. The Hall–Kier alpha value is -2.02. The summed E-state index contributed by atoms with van der Waals surface area (Å²) in [6.45, 7) is 0. The third-order valence-electron chi connectivity index (χ3n) is 2.37. The van der Waals surface area contributed by atoms with Crippen LogP contribution < -0.4 is 10.9 Å². The van der Waals surface area contributed by atoms with Crippen LogP contribution in [0.25, 0.3) is 0 Å². The van der Waals surface area contributed by atoms with Gasteiger partial charge in [-0.05, 0) is 6.07 Å². The molecule has 2 amide bonds. The maximum atomic E-state index is 11.5. The van der Waals surface area contributed by atoms with Gasteiger partial charge < -0.3 is 0 Å². The summed E-state index contributed by atoms with van der Waals surface area (Å²) >= 11 is 3.37. The van der Waals surface area contributed by atoms with Crippen molar-refractivity contribution >= 4 is 39.7 Å². The first kappa shape index (κ1) is 13.4. The Bertz CT molecular complexity index is 569. The third kappa shape index (κ3) is 3.99. The van der Waals surface area contributed by atoms with Gasteiger partial charge in [-0.2, -0.15) is 10.2 Å². The summed E-state index contributed by atoms with van der Waals surface area (Å²) in [5.74, 6) is -0.502. The number of hydrogen-bond donors (Lipinski definition) is 2. The molecule has 7 heteroatoms.